The third-order valence-corrected chi connectivity index (χ3v) is 3.49. The molecule has 0 amide bonds. The van der Waals surface area contributed by atoms with E-state index in [0.29, 0.717) is 30.5 Å². The first-order valence-corrected chi connectivity index (χ1v) is 6.71. The predicted octanol–water partition coefficient (Wildman–Crippen LogP) is -0.0901. The molecule has 0 spiro atoms. The predicted molar refractivity (Wildman–Crippen MR) is 77.5 cm³/mol. The van der Waals surface area contributed by atoms with Crippen molar-refractivity contribution in [2.24, 2.45) is 5.84 Å². The van der Waals surface area contributed by atoms with E-state index < -0.39 is 12.2 Å². The fourth-order valence-electron chi connectivity index (χ4n) is 2.23. The third kappa shape index (κ3) is 2.70. The topological polar surface area (TPSA) is 108 Å². The van der Waals surface area contributed by atoms with Gasteiger partial charge in [-0.1, -0.05) is 20.8 Å². The molecule has 7 heteroatoms. The molecule has 5 N–H and O–H groups in total. The molecule has 1 aliphatic rings. The second-order valence-electron chi connectivity index (χ2n) is 6.28. The SMILES string of the molecule is Cc1c(NN)nc(C(C)(C)C)nc1N1CC(O)C(O)C1. The second kappa shape index (κ2) is 5.16. The number of aliphatic hydroxyl groups excluding tert-OH is 2. The number of anilines is 2. The lowest BCUT2D eigenvalue weighted by Crippen LogP contribution is -2.27. The number of rotatable bonds is 2. The van der Waals surface area contributed by atoms with E-state index in [0.717, 1.165) is 5.56 Å². The van der Waals surface area contributed by atoms with Crippen molar-refractivity contribution >= 4 is 11.6 Å². The smallest absolute Gasteiger partial charge is 0.148 e. The standard InChI is InChI=1S/C13H23N5O2/c1-7-10(17-14)15-12(13(2,3)4)16-11(7)18-5-8(19)9(20)6-18/h8-9,19-20H,5-6,14H2,1-4H3,(H,15,16,17). The van der Waals surface area contributed by atoms with Gasteiger partial charge in [-0.2, -0.15) is 0 Å². The zero-order chi connectivity index (χ0) is 15.1. The highest BCUT2D eigenvalue weighted by Gasteiger charge is 2.32. The highest BCUT2D eigenvalue weighted by molar-refractivity contribution is 5.59. The number of nitrogen functional groups attached to an aromatic ring is 1. The number of hydrogen-bond donors (Lipinski definition) is 4. The molecular formula is C13H23N5O2. The summed E-state index contributed by atoms with van der Waals surface area (Å²) in [4.78, 5) is 10.9. The van der Waals surface area contributed by atoms with Gasteiger partial charge in [-0.3, -0.25) is 0 Å². The zero-order valence-electron chi connectivity index (χ0n) is 12.4. The summed E-state index contributed by atoms with van der Waals surface area (Å²) in [6.45, 7) is 8.65. The molecule has 0 radical (unpaired) electrons. The Balaban J connectivity index is 2.47. The van der Waals surface area contributed by atoms with Gasteiger partial charge in [0.05, 0.1) is 12.2 Å². The van der Waals surface area contributed by atoms with E-state index in [1.165, 1.54) is 0 Å². The molecule has 1 aromatic rings. The van der Waals surface area contributed by atoms with Crippen LogP contribution in [0.4, 0.5) is 11.6 Å². The second-order valence-corrected chi connectivity index (χ2v) is 6.28. The van der Waals surface area contributed by atoms with Crippen LogP contribution in [0.2, 0.25) is 0 Å². The van der Waals surface area contributed by atoms with Crippen LogP contribution in [0.3, 0.4) is 0 Å². The number of nitrogens with zero attached hydrogens (tertiary/aromatic N) is 3. The highest BCUT2D eigenvalue weighted by atomic mass is 16.3. The first kappa shape index (κ1) is 15.0. The quantitative estimate of drug-likeness (QED) is 0.443. The molecule has 0 bridgehead atoms. The molecule has 1 fully saturated rings. The van der Waals surface area contributed by atoms with Gasteiger partial charge in [0.15, 0.2) is 0 Å². The van der Waals surface area contributed by atoms with Crippen molar-refractivity contribution in [3.05, 3.63) is 11.4 Å². The van der Waals surface area contributed by atoms with Crippen molar-refractivity contribution in [3.63, 3.8) is 0 Å². The summed E-state index contributed by atoms with van der Waals surface area (Å²) in [5, 5.41) is 19.4. The normalized spacial score (nSPS) is 23.2. The Morgan fingerprint density at radius 1 is 1.20 bits per heavy atom. The van der Waals surface area contributed by atoms with Crippen LogP contribution in [0.25, 0.3) is 0 Å². The molecule has 2 rings (SSSR count). The molecule has 0 aliphatic carbocycles. The summed E-state index contributed by atoms with van der Waals surface area (Å²) in [5.41, 5.74) is 3.18. The Morgan fingerprint density at radius 2 is 1.75 bits per heavy atom. The van der Waals surface area contributed by atoms with Gasteiger partial charge in [0.1, 0.15) is 17.5 Å². The lowest BCUT2D eigenvalue weighted by atomic mass is 9.95. The molecule has 1 aliphatic heterocycles. The van der Waals surface area contributed by atoms with Crippen molar-refractivity contribution in [1.82, 2.24) is 9.97 Å². The number of β-amino-alcohol motifs (C(OH)–C–C–N with tert-alkyl or cyclic N) is 2. The Labute approximate surface area is 118 Å². The largest absolute Gasteiger partial charge is 0.389 e. The molecule has 112 valence electrons. The first-order chi connectivity index (χ1) is 9.24. The summed E-state index contributed by atoms with van der Waals surface area (Å²) in [6, 6.07) is 0. The van der Waals surface area contributed by atoms with Crippen molar-refractivity contribution in [1.29, 1.82) is 0 Å². The van der Waals surface area contributed by atoms with Crippen LogP contribution in [-0.2, 0) is 5.41 Å². The van der Waals surface area contributed by atoms with Crippen molar-refractivity contribution in [2.75, 3.05) is 23.4 Å². The average Bonchev–Trinajstić information content (AvgIpc) is 2.68. The molecule has 2 heterocycles. The minimum atomic E-state index is -0.753. The fraction of sp³-hybridized carbons (Fsp3) is 0.692. The van der Waals surface area contributed by atoms with E-state index in [-0.39, 0.29) is 5.41 Å². The number of hydrogen-bond acceptors (Lipinski definition) is 7. The summed E-state index contributed by atoms with van der Waals surface area (Å²) < 4.78 is 0. The Hall–Kier alpha value is -1.44. The summed E-state index contributed by atoms with van der Waals surface area (Å²) in [5.74, 6) is 7.46. The minimum absolute atomic E-state index is 0.217. The van der Waals surface area contributed by atoms with E-state index in [4.69, 9.17) is 5.84 Å². The molecule has 2 unspecified atom stereocenters. The molecule has 20 heavy (non-hydrogen) atoms. The maximum absolute atomic E-state index is 9.70. The van der Waals surface area contributed by atoms with E-state index >= 15 is 0 Å². The van der Waals surface area contributed by atoms with Gasteiger partial charge in [-0.25, -0.2) is 15.8 Å². The van der Waals surface area contributed by atoms with Crippen molar-refractivity contribution in [3.8, 4) is 0 Å². The van der Waals surface area contributed by atoms with Crippen LogP contribution >= 0.6 is 0 Å². The monoisotopic (exact) mass is 281 g/mol. The molecule has 7 nitrogen and oxygen atoms in total. The van der Waals surface area contributed by atoms with Crippen LogP contribution in [-0.4, -0.2) is 45.5 Å². The highest BCUT2D eigenvalue weighted by Crippen LogP contribution is 2.30. The van der Waals surface area contributed by atoms with Crippen LogP contribution in [0, 0.1) is 6.92 Å². The third-order valence-electron chi connectivity index (χ3n) is 3.49. The van der Waals surface area contributed by atoms with E-state index in [1.54, 1.807) is 0 Å². The summed E-state index contributed by atoms with van der Waals surface area (Å²) >= 11 is 0. The zero-order valence-corrected chi connectivity index (χ0v) is 12.4. The minimum Gasteiger partial charge on any atom is -0.389 e. The van der Waals surface area contributed by atoms with Gasteiger partial charge in [-0.15, -0.1) is 0 Å². The molecular weight excluding hydrogens is 258 g/mol. The van der Waals surface area contributed by atoms with Crippen LogP contribution in [0.15, 0.2) is 0 Å². The summed E-state index contributed by atoms with van der Waals surface area (Å²) in [6.07, 6.45) is -1.51. The molecule has 2 atom stereocenters. The number of aliphatic hydroxyl groups is 2. The number of nitrogens with one attached hydrogen (secondary N) is 1. The molecule has 0 aromatic carbocycles. The molecule has 1 saturated heterocycles. The van der Waals surface area contributed by atoms with Crippen LogP contribution in [0.1, 0.15) is 32.2 Å². The van der Waals surface area contributed by atoms with E-state index in [1.807, 2.05) is 32.6 Å². The van der Waals surface area contributed by atoms with Crippen molar-refractivity contribution < 1.29 is 10.2 Å². The van der Waals surface area contributed by atoms with E-state index in [9.17, 15) is 10.2 Å². The Kier molecular flexibility index (Phi) is 3.86. The van der Waals surface area contributed by atoms with Crippen molar-refractivity contribution in [2.45, 2.75) is 45.3 Å². The maximum Gasteiger partial charge on any atom is 0.148 e. The van der Waals surface area contributed by atoms with Gasteiger partial charge in [0.25, 0.3) is 0 Å². The van der Waals surface area contributed by atoms with Gasteiger partial charge in [0, 0.05) is 24.1 Å². The molecule has 0 saturated carbocycles. The Morgan fingerprint density at radius 3 is 2.20 bits per heavy atom. The van der Waals surface area contributed by atoms with Gasteiger partial charge < -0.3 is 20.5 Å². The summed E-state index contributed by atoms with van der Waals surface area (Å²) in [7, 11) is 0. The van der Waals surface area contributed by atoms with E-state index in [2.05, 4.69) is 15.4 Å². The number of aromatic nitrogens is 2. The lowest BCUT2D eigenvalue weighted by molar-refractivity contribution is 0.0572. The Bertz CT molecular complexity index is 490. The lowest BCUT2D eigenvalue weighted by Gasteiger charge is -2.24. The average molecular weight is 281 g/mol. The molecule has 1 aromatic heterocycles. The van der Waals surface area contributed by atoms with Gasteiger partial charge in [0.2, 0.25) is 0 Å². The van der Waals surface area contributed by atoms with Gasteiger partial charge >= 0.3 is 0 Å². The fourth-order valence-corrected chi connectivity index (χ4v) is 2.23. The van der Waals surface area contributed by atoms with Crippen LogP contribution < -0.4 is 16.2 Å². The first-order valence-electron chi connectivity index (χ1n) is 6.71. The number of nitrogens with two attached hydrogens (primary N) is 1. The maximum atomic E-state index is 9.70. The van der Waals surface area contributed by atoms with Crippen LogP contribution in [0.5, 0.6) is 0 Å². The number of hydrazine groups is 1. The van der Waals surface area contributed by atoms with Gasteiger partial charge in [-0.05, 0) is 6.92 Å².